The van der Waals surface area contributed by atoms with Crippen LogP contribution >= 0.6 is 0 Å². The van der Waals surface area contributed by atoms with Crippen molar-refractivity contribution >= 4 is 15.9 Å². The van der Waals surface area contributed by atoms with Crippen molar-refractivity contribution in [1.82, 2.24) is 9.62 Å². The van der Waals surface area contributed by atoms with Gasteiger partial charge in [0.2, 0.25) is 15.9 Å². The summed E-state index contributed by atoms with van der Waals surface area (Å²) in [5.41, 5.74) is 1.29. The summed E-state index contributed by atoms with van der Waals surface area (Å²) in [6.07, 6.45) is 7.71. The van der Waals surface area contributed by atoms with Crippen LogP contribution in [0.3, 0.4) is 0 Å². The largest absolute Gasteiger partial charge is 0.494 e. The van der Waals surface area contributed by atoms with Gasteiger partial charge in [-0.2, -0.15) is 0 Å². The number of amides is 1. The summed E-state index contributed by atoms with van der Waals surface area (Å²) in [6.45, 7) is 1.70. The van der Waals surface area contributed by atoms with E-state index in [0.717, 1.165) is 37.9 Å². The molecule has 0 radical (unpaired) electrons. The van der Waals surface area contributed by atoms with Crippen LogP contribution in [-0.4, -0.2) is 63.4 Å². The van der Waals surface area contributed by atoms with Gasteiger partial charge in [-0.25, -0.2) is 13.1 Å². The number of nitrogens with zero attached hydrogens (tertiary/aromatic N) is 1. The Morgan fingerprint density at radius 2 is 1.97 bits per heavy atom. The molecule has 1 amide bonds. The van der Waals surface area contributed by atoms with Crippen molar-refractivity contribution in [3.8, 4) is 5.75 Å². The number of carbonyl (C=O) groups is 1. The van der Waals surface area contributed by atoms with Gasteiger partial charge < -0.3 is 14.4 Å². The van der Waals surface area contributed by atoms with Crippen LogP contribution in [0.2, 0.25) is 0 Å². The Morgan fingerprint density at radius 3 is 2.81 bits per heavy atom. The van der Waals surface area contributed by atoms with Crippen molar-refractivity contribution in [3.63, 3.8) is 0 Å². The molecule has 4 atom stereocenters. The van der Waals surface area contributed by atoms with Crippen LogP contribution in [-0.2, 0) is 19.6 Å². The molecule has 1 aromatic carbocycles. The van der Waals surface area contributed by atoms with Crippen LogP contribution in [0.25, 0.3) is 0 Å². The third-order valence-corrected chi connectivity index (χ3v) is 7.48. The van der Waals surface area contributed by atoms with Crippen molar-refractivity contribution < 1.29 is 22.7 Å². The van der Waals surface area contributed by atoms with Gasteiger partial charge in [0.25, 0.3) is 0 Å². The lowest BCUT2D eigenvalue weighted by molar-refractivity contribution is -0.136. The zero-order valence-electron chi connectivity index (χ0n) is 18.3. The van der Waals surface area contributed by atoms with E-state index in [2.05, 4.69) is 16.9 Å². The quantitative estimate of drug-likeness (QED) is 0.749. The molecule has 8 heteroatoms. The summed E-state index contributed by atoms with van der Waals surface area (Å²) >= 11 is 0. The Labute approximate surface area is 185 Å². The summed E-state index contributed by atoms with van der Waals surface area (Å²) in [6, 6.07) is 7.87. The van der Waals surface area contributed by atoms with Gasteiger partial charge in [0.05, 0.1) is 25.0 Å². The molecular weight excluding hydrogens is 416 g/mol. The fourth-order valence-corrected chi connectivity index (χ4v) is 6.13. The molecule has 4 rings (SSSR count). The third-order valence-electron chi connectivity index (χ3n) is 6.75. The standard InChI is InChI=1S/C23H34N2O5S/c1-31(27,28)24-21-7-3-12-25-22(21)11-14-30-20-10-9-18(16-20)17-5-2-6-19(15-17)29-13-4-8-23(25)26/h2,5-6,15,18,20-22,24H,3-4,7-14,16H2,1H3/t18-,20+,21-,22-/m1/s1. The predicted molar refractivity (Wildman–Crippen MR) is 119 cm³/mol. The number of sulfonamides is 1. The molecule has 1 aliphatic carbocycles. The minimum Gasteiger partial charge on any atom is -0.494 e. The van der Waals surface area contributed by atoms with E-state index in [4.69, 9.17) is 9.47 Å². The van der Waals surface area contributed by atoms with Gasteiger partial charge in [-0.05, 0) is 68.6 Å². The average Bonchev–Trinajstić information content (AvgIpc) is 3.19. The molecule has 2 fully saturated rings. The molecule has 2 heterocycles. The van der Waals surface area contributed by atoms with Gasteiger partial charge in [0.15, 0.2) is 0 Å². The second kappa shape index (κ2) is 9.88. The van der Waals surface area contributed by atoms with Crippen LogP contribution in [0, 0.1) is 0 Å². The molecule has 0 aromatic heterocycles. The minimum atomic E-state index is -3.35. The first-order valence-electron chi connectivity index (χ1n) is 11.5. The average molecular weight is 451 g/mol. The zero-order chi connectivity index (χ0) is 21.8. The Kier molecular flexibility index (Phi) is 7.19. The number of ether oxygens (including phenoxy) is 2. The second-order valence-corrected chi connectivity index (χ2v) is 10.9. The second-order valence-electron chi connectivity index (χ2n) is 9.11. The van der Waals surface area contributed by atoms with Crippen LogP contribution in [0.1, 0.15) is 62.8 Å². The fraction of sp³-hybridized carbons (Fsp3) is 0.696. The van der Waals surface area contributed by atoms with E-state index in [1.54, 1.807) is 0 Å². The topological polar surface area (TPSA) is 84.9 Å². The van der Waals surface area contributed by atoms with Crippen molar-refractivity contribution in [2.45, 2.75) is 75.5 Å². The fourth-order valence-electron chi connectivity index (χ4n) is 5.30. The smallest absolute Gasteiger partial charge is 0.223 e. The Bertz CT molecular complexity index is 874. The van der Waals surface area contributed by atoms with Crippen molar-refractivity contribution in [2.24, 2.45) is 0 Å². The number of rotatable bonds is 2. The molecule has 7 nitrogen and oxygen atoms in total. The van der Waals surface area contributed by atoms with Gasteiger partial charge in [-0.1, -0.05) is 12.1 Å². The maximum atomic E-state index is 13.0. The van der Waals surface area contributed by atoms with E-state index in [-0.39, 0.29) is 24.1 Å². The number of carbonyl (C=O) groups excluding carboxylic acids is 1. The Morgan fingerprint density at radius 1 is 1.10 bits per heavy atom. The first kappa shape index (κ1) is 22.6. The minimum absolute atomic E-state index is 0.0652. The van der Waals surface area contributed by atoms with E-state index < -0.39 is 10.0 Å². The van der Waals surface area contributed by atoms with E-state index in [1.807, 2.05) is 17.0 Å². The number of fused-ring (bicyclic) bond motifs is 6. The van der Waals surface area contributed by atoms with E-state index in [0.29, 0.717) is 44.9 Å². The lowest BCUT2D eigenvalue weighted by atomic mass is 9.94. The lowest BCUT2D eigenvalue weighted by Gasteiger charge is -2.41. The highest BCUT2D eigenvalue weighted by atomic mass is 32.2. The first-order valence-corrected chi connectivity index (χ1v) is 13.4. The van der Waals surface area contributed by atoms with Gasteiger partial charge in [-0.3, -0.25) is 4.79 Å². The van der Waals surface area contributed by atoms with Crippen LogP contribution < -0.4 is 9.46 Å². The highest BCUT2D eigenvalue weighted by molar-refractivity contribution is 7.88. The number of piperidine rings is 1. The predicted octanol–water partition coefficient (Wildman–Crippen LogP) is 2.81. The van der Waals surface area contributed by atoms with Crippen LogP contribution in [0.4, 0.5) is 0 Å². The van der Waals surface area contributed by atoms with Crippen molar-refractivity contribution in [2.75, 3.05) is 26.0 Å². The van der Waals surface area contributed by atoms with Crippen molar-refractivity contribution in [3.05, 3.63) is 29.8 Å². The summed E-state index contributed by atoms with van der Waals surface area (Å²) in [5, 5.41) is 0. The highest BCUT2D eigenvalue weighted by Crippen LogP contribution is 2.37. The summed E-state index contributed by atoms with van der Waals surface area (Å²) < 4.78 is 38.7. The van der Waals surface area contributed by atoms with Gasteiger partial charge in [0, 0.05) is 25.6 Å². The molecule has 4 bridgehead atoms. The molecule has 2 aliphatic heterocycles. The number of hydrogen-bond acceptors (Lipinski definition) is 5. The molecular formula is C23H34N2O5S. The summed E-state index contributed by atoms with van der Waals surface area (Å²) in [4.78, 5) is 14.9. The Balaban J connectivity index is 1.51. The molecule has 3 aliphatic rings. The molecule has 1 N–H and O–H groups in total. The number of benzene rings is 1. The molecule has 0 spiro atoms. The number of hydrogen-bond donors (Lipinski definition) is 1. The SMILES string of the molecule is CS(=O)(=O)N[C@@H]1CCCN2C(=O)CCCOc3cccc(c3)[C@@H]3CC[C@@H](C3)OCC[C@H]12. The highest BCUT2D eigenvalue weighted by Gasteiger charge is 2.36. The van der Waals surface area contributed by atoms with E-state index in [1.165, 1.54) is 11.8 Å². The molecule has 1 saturated heterocycles. The summed E-state index contributed by atoms with van der Waals surface area (Å²) in [5.74, 6) is 1.40. The molecule has 1 aromatic rings. The number of nitrogens with one attached hydrogen (secondary N) is 1. The van der Waals surface area contributed by atoms with Crippen molar-refractivity contribution in [1.29, 1.82) is 0 Å². The van der Waals surface area contributed by atoms with Crippen LogP contribution in [0.5, 0.6) is 5.75 Å². The molecule has 1 saturated carbocycles. The molecule has 31 heavy (non-hydrogen) atoms. The Hall–Kier alpha value is -1.64. The normalized spacial score (nSPS) is 30.5. The maximum Gasteiger partial charge on any atom is 0.223 e. The monoisotopic (exact) mass is 450 g/mol. The first-order chi connectivity index (χ1) is 14.9. The summed E-state index contributed by atoms with van der Waals surface area (Å²) in [7, 11) is -3.35. The molecule has 172 valence electrons. The molecule has 0 unspecified atom stereocenters. The van der Waals surface area contributed by atoms with Gasteiger partial charge in [0.1, 0.15) is 5.75 Å². The van der Waals surface area contributed by atoms with Gasteiger partial charge >= 0.3 is 0 Å². The zero-order valence-corrected chi connectivity index (χ0v) is 19.1. The van der Waals surface area contributed by atoms with Gasteiger partial charge in [-0.15, -0.1) is 0 Å². The van der Waals surface area contributed by atoms with Crippen LogP contribution in [0.15, 0.2) is 24.3 Å². The maximum absolute atomic E-state index is 13.0. The third kappa shape index (κ3) is 5.99. The lowest BCUT2D eigenvalue weighted by Crippen LogP contribution is -2.57. The van der Waals surface area contributed by atoms with E-state index in [9.17, 15) is 13.2 Å². The van der Waals surface area contributed by atoms with E-state index >= 15 is 0 Å².